The maximum atomic E-state index is 5.48. The molecule has 1 heterocycles. The molecule has 0 saturated heterocycles. The number of thiazole rings is 1. The molecule has 2 aromatic carbocycles. The normalized spacial score (nSPS) is 10.7. The predicted octanol–water partition coefficient (Wildman–Crippen LogP) is 4.36. The van der Waals surface area contributed by atoms with Crippen molar-refractivity contribution >= 4 is 22.1 Å². The van der Waals surface area contributed by atoms with Crippen molar-refractivity contribution in [2.75, 3.05) is 6.61 Å². The van der Waals surface area contributed by atoms with Crippen LogP contribution in [-0.4, -0.2) is 11.6 Å². The van der Waals surface area contributed by atoms with Crippen molar-refractivity contribution in [1.82, 2.24) is 4.98 Å². The molecule has 0 atom stereocenters. The van der Waals surface area contributed by atoms with Crippen LogP contribution in [0.15, 0.2) is 48.7 Å². The van der Waals surface area contributed by atoms with Crippen molar-refractivity contribution in [3.05, 3.63) is 48.7 Å². The molecule has 0 N–H and O–H groups in total. The van der Waals surface area contributed by atoms with Crippen molar-refractivity contribution in [3.8, 4) is 15.6 Å². The molecule has 18 heavy (non-hydrogen) atoms. The number of rotatable bonds is 3. The fourth-order valence-electron chi connectivity index (χ4n) is 2.00. The first-order valence-corrected chi connectivity index (χ1v) is 6.77. The minimum absolute atomic E-state index is 0.678. The predicted molar refractivity (Wildman–Crippen MR) is 76.2 cm³/mol. The van der Waals surface area contributed by atoms with E-state index >= 15 is 0 Å². The Hall–Kier alpha value is -1.87. The molecular weight excluding hydrogens is 242 g/mol. The molecule has 0 aliphatic rings. The van der Waals surface area contributed by atoms with Gasteiger partial charge < -0.3 is 4.74 Å². The Balaban J connectivity index is 2.12. The van der Waals surface area contributed by atoms with E-state index in [1.54, 1.807) is 17.5 Å². The molecule has 3 aromatic rings. The zero-order valence-electron chi connectivity index (χ0n) is 10.1. The summed E-state index contributed by atoms with van der Waals surface area (Å²) in [5.41, 5.74) is 1.17. The molecule has 0 aliphatic carbocycles. The van der Waals surface area contributed by atoms with E-state index in [9.17, 15) is 0 Å². The summed E-state index contributed by atoms with van der Waals surface area (Å²) in [5, 5.41) is 4.36. The third kappa shape index (κ3) is 1.97. The number of nitrogens with zero attached hydrogens (tertiary/aromatic N) is 1. The number of aromatic nitrogens is 1. The Morgan fingerprint density at radius 3 is 2.83 bits per heavy atom. The van der Waals surface area contributed by atoms with E-state index in [0.717, 1.165) is 10.1 Å². The summed E-state index contributed by atoms with van der Waals surface area (Å²) in [6.07, 6.45) is 1.80. The van der Waals surface area contributed by atoms with Gasteiger partial charge in [0.25, 0.3) is 0 Å². The smallest absolute Gasteiger partial charge is 0.194 e. The minimum atomic E-state index is 0.678. The largest absolute Gasteiger partial charge is 0.483 e. The average molecular weight is 255 g/mol. The van der Waals surface area contributed by atoms with Crippen LogP contribution in [0.1, 0.15) is 6.92 Å². The Labute approximate surface area is 110 Å². The first-order valence-electron chi connectivity index (χ1n) is 5.95. The van der Waals surface area contributed by atoms with Gasteiger partial charge in [0.2, 0.25) is 0 Å². The van der Waals surface area contributed by atoms with Crippen LogP contribution in [0, 0.1) is 0 Å². The maximum Gasteiger partial charge on any atom is 0.194 e. The summed E-state index contributed by atoms with van der Waals surface area (Å²) in [6, 6.07) is 14.7. The molecule has 0 radical (unpaired) electrons. The van der Waals surface area contributed by atoms with Crippen molar-refractivity contribution in [3.63, 3.8) is 0 Å². The standard InChI is InChI=1S/C15H13NOS/c1-2-17-14-10-16-15(18-14)13-9-5-7-11-6-3-4-8-12(11)13/h3-10H,2H2,1H3. The summed E-state index contributed by atoms with van der Waals surface area (Å²) < 4.78 is 5.48. The van der Waals surface area contributed by atoms with Crippen LogP contribution < -0.4 is 4.74 Å². The van der Waals surface area contributed by atoms with Crippen LogP contribution >= 0.6 is 11.3 Å². The van der Waals surface area contributed by atoms with Crippen LogP contribution in [0.2, 0.25) is 0 Å². The van der Waals surface area contributed by atoms with Gasteiger partial charge in [-0.15, -0.1) is 0 Å². The van der Waals surface area contributed by atoms with E-state index in [0.29, 0.717) is 6.61 Å². The Bertz CT molecular complexity index is 670. The van der Waals surface area contributed by atoms with Gasteiger partial charge in [0.15, 0.2) is 5.06 Å². The summed E-state index contributed by atoms with van der Waals surface area (Å²) in [4.78, 5) is 4.45. The van der Waals surface area contributed by atoms with E-state index in [1.807, 2.05) is 6.92 Å². The minimum Gasteiger partial charge on any atom is -0.483 e. The highest BCUT2D eigenvalue weighted by atomic mass is 32.1. The van der Waals surface area contributed by atoms with Gasteiger partial charge in [0.1, 0.15) is 5.01 Å². The lowest BCUT2D eigenvalue weighted by molar-refractivity contribution is 0.349. The fraction of sp³-hybridized carbons (Fsp3) is 0.133. The third-order valence-electron chi connectivity index (χ3n) is 2.79. The van der Waals surface area contributed by atoms with Gasteiger partial charge in [-0.2, -0.15) is 0 Å². The monoisotopic (exact) mass is 255 g/mol. The molecule has 0 bridgehead atoms. The number of hydrogen-bond acceptors (Lipinski definition) is 3. The highest BCUT2D eigenvalue weighted by Crippen LogP contribution is 2.34. The van der Waals surface area contributed by atoms with Crippen LogP contribution in [0.3, 0.4) is 0 Å². The van der Waals surface area contributed by atoms with Crippen molar-refractivity contribution in [2.45, 2.75) is 6.92 Å². The fourth-order valence-corrected chi connectivity index (χ4v) is 2.87. The molecule has 90 valence electrons. The van der Waals surface area contributed by atoms with Crippen LogP contribution in [0.5, 0.6) is 5.06 Å². The molecule has 1 aromatic heterocycles. The summed E-state index contributed by atoms with van der Waals surface area (Å²) in [5.74, 6) is 0. The van der Waals surface area contributed by atoms with Gasteiger partial charge in [-0.25, -0.2) is 4.98 Å². The second-order valence-corrected chi connectivity index (χ2v) is 4.94. The van der Waals surface area contributed by atoms with Gasteiger partial charge in [0.05, 0.1) is 12.8 Å². The van der Waals surface area contributed by atoms with E-state index in [4.69, 9.17) is 4.74 Å². The summed E-state index contributed by atoms with van der Waals surface area (Å²) in [7, 11) is 0. The first-order chi connectivity index (χ1) is 8.88. The lowest BCUT2D eigenvalue weighted by Crippen LogP contribution is -1.86. The van der Waals surface area contributed by atoms with Crippen molar-refractivity contribution in [2.24, 2.45) is 0 Å². The van der Waals surface area contributed by atoms with Crippen LogP contribution in [0.25, 0.3) is 21.3 Å². The van der Waals surface area contributed by atoms with Crippen molar-refractivity contribution < 1.29 is 4.74 Å². The Morgan fingerprint density at radius 1 is 1.11 bits per heavy atom. The third-order valence-corrected chi connectivity index (χ3v) is 3.73. The van der Waals surface area contributed by atoms with Crippen LogP contribution in [-0.2, 0) is 0 Å². The Morgan fingerprint density at radius 2 is 1.94 bits per heavy atom. The molecule has 0 saturated carbocycles. The molecule has 0 aliphatic heterocycles. The second-order valence-electron chi connectivity index (χ2n) is 3.94. The first kappa shape index (κ1) is 11.2. The van der Waals surface area contributed by atoms with Crippen molar-refractivity contribution in [1.29, 1.82) is 0 Å². The number of fused-ring (bicyclic) bond motifs is 1. The number of benzene rings is 2. The van der Waals surface area contributed by atoms with E-state index in [1.165, 1.54) is 16.3 Å². The van der Waals surface area contributed by atoms with Gasteiger partial charge in [-0.3, -0.25) is 0 Å². The SMILES string of the molecule is CCOc1cnc(-c2cccc3ccccc23)s1. The van der Waals surface area contributed by atoms with Gasteiger partial charge in [-0.1, -0.05) is 53.8 Å². The highest BCUT2D eigenvalue weighted by molar-refractivity contribution is 7.16. The second kappa shape index (κ2) is 4.78. The molecular formula is C15H13NOS. The molecule has 2 nitrogen and oxygen atoms in total. The molecule has 0 fully saturated rings. The molecule has 3 heteroatoms. The van der Waals surface area contributed by atoms with Gasteiger partial charge in [-0.05, 0) is 17.7 Å². The summed E-state index contributed by atoms with van der Waals surface area (Å²) in [6.45, 7) is 2.66. The zero-order valence-corrected chi connectivity index (χ0v) is 10.9. The lowest BCUT2D eigenvalue weighted by Gasteiger charge is -2.02. The highest BCUT2D eigenvalue weighted by Gasteiger charge is 2.08. The van der Waals surface area contributed by atoms with E-state index in [2.05, 4.69) is 47.4 Å². The molecule has 0 amide bonds. The molecule has 0 spiro atoms. The lowest BCUT2D eigenvalue weighted by atomic mass is 10.1. The molecule has 0 unspecified atom stereocenters. The average Bonchev–Trinajstić information content (AvgIpc) is 2.87. The van der Waals surface area contributed by atoms with E-state index in [-0.39, 0.29) is 0 Å². The zero-order chi connectivity index (χ0) is 12.4. The topological polar surface area (TPSA) is 22.1 Å². The Kier molecular flexibility index (Phi) is 2.99. The maximum absolute atomic E-state index is 5.48. The number of hydrogen-bond donors (Lipinski definition) is 0. The quantitative estimate of drug-likeness (QED) is 0.693. The van der Waals surface area contributed by atoms with Crippen LogP contribution in [0.4, 0.5) is 0 Å². The van der Waals surface area contributed by atoms with Gasteiger partial charge >= 0.3 is 0 Å². The van der Waals surface area contributed by atoms with E-state index < -0.39 is 0 Å². The molecule has 3 rings (SSSR count). The summed E-state index contributed by atoms with van der Waals surface area (Å²) >= 11 is 1.59. The number of ether oxygens (including phenoxy) is 1. The van der Waals surface area contributed by atoms with Gasteiger partial charge in [0, 0.05) is 5.56 Å².